The van der Waals surface area contributed by atoms with Crippen LogP contribution in [0.5, 0.6) is 0 Å². The number of aromatic amines is 1. The number of hydrogen-bond acceptors (Lipinski definition) is 4. The van der Waals surface area contributed by atoms with Crippen molar-refractivity contribution >= 4 is 11.1 Å². The summed E-state index contributed by atoms with van der Waals surface area (Å²) in [6.45, 7) is 5.86. The third-order valence-corrected chi connectivity index (χ3v) is 2.17. The lowest BCUT2D eigenvalue weighted by Gasteiger charge is -2.02. The molecule has 0 saturated heterocycles. The van der Waals surface area contributed by atoms with E-state index in [1.165, 1.54) is 0 Å². The summed E-state index contributed by atoms with van der Waals surface area (Å²) in [5, 5.41) is 4.17. The van der Waals surface area contributed by atoms with Crippen molar-refractivity contribution in [2.75, 3.05) is 0 Å². The molecule has 1 N–H and O–H groups in total. The molecule has 0 atom stereocenters. The van der Waals surface area contributed by atoms with Crippen LogP contribution in [0.15, 0.2) is 9.32 Å². The highest BCUT2D eigenvalue weighted by molar-refractivity contribution is 5.73. The van der Waals surface area contributed by atoms with Crippen LogP contribution in [0.4, 0.5) is 0 Å². The Morgan fingerprint density at radius 1 is 1.47 bits per heavy atom. The predicted molar refractivity (Wildman–Crippen MR) is 55.7 cm³/mol. The number of nitrogens with one attached hydrogen (secondary N) is 1. The van der Waals surface area contributed by atoms with E-state index in [-0.39, 0.29) is 5.56 Å². The summed E-state index contributed by atoms with van der Waals surface area (Å²) in [6.07, 6.45) is 0.727. The van der Waals surface area contributed by atoms with Gasteiger partial charge in [-0.15, -0.1) is 0 Å². The first kappa shape index (κ1) is 9.89. The Kier molecular flexibility index (Phi) is 2.30. The van der Waals surface area contributed by atoms with E-state index in [1.807, 2.05) is 0 Å². The lowest BCUT2D eigenvalue weighted by Crippen LogP contribution is -2.13. The van der Waals surface area contributed by atoms with Crippen molar-refractivity contribution in [3.63, 3.8) is 0 Å². The van der Waals surface area contributed by atoms with Gasteiger partial charge in [0.2, 0.25) is 0 Å². The molecule has 2 heterocycles. The van der Waals surface area contributed by atoms with Crippen LogP contribution in [0.3, 0.4) is 0 Å². The minimum Gasteiger partial charge on any atom is -0.335 e. The van der Waals surface area contributed by atoms with Gasteiger partial charge < -0.3 is 9.51 Å². The van der Waals surface area contributed by atoms with E-state index >= 15 is 0 Å². The number of rotatable bonds is 2. The lowest BCUT2D eigenvalue weighted by atomic mass is 10.1. The van der Waals surface area contributed by atoms with Gasteiger partial charge in [0.25, 0.3) is 11.3 Å². The number of nitrogens with zero attached hydrogens (tertiary/aromatic N) is 2. The van der Waals surface area contributed by atoms with Gasteiger partial charge in [0, 0.05) is 6.42 Å². The highest BCUT2D eigenvalue weighted by Crippen LogP contribution is 2.11. The van der Waals surface area contributed by atoms with Crippen LogP contribution >= 0.6 is 0 Å². The van der Waals surface area contributed by atoms with Gasteiger partial charge in [0.1, 0.15) is 11.2 Å². The molecule has 5 heteroatoms. The third kappa shape index (κ3) is 1.77. The number of aromatic nitrogens is 3. The number of hydrogen-bond donors (Lipinski definition) is 1. The van der Waals surface area contributed by atoms with Crippen LogP contribution in [0.1, 0.15) is 25.4 Å². The summed E-state index contributed by atoms with van der Waals surface area (Å²) in [5.74, 6) is 1.09. The van der Waals surface area contributed by atoms with Crippen LogP contribution in [-0.2, 0) is 6.42 Å². The normalized spacial score (nSPS) is 11.5. The van der Waals surface area contributed by atoms with Crippen molar-refractivity contribution in [1.29, 1.82) is 0 Å². The first-order valence-electron chi connectivity index (χ1n) is 4.93. The van der Waals surface area contributed by atoms with Gasteiger partial charge in [0.15, 0.2) is 0 Å². The molecule has 80 valence electrons. The quantitative estimate of drug-likeness (QED) is 0.808. The average Bonchev–Trinajstić information content (AvgIpc) is 2.46. The molecule has 5 nitrogen and oxygen atoms in total. The van der Waals surface area contributed by atoms with Crippen molar-refractivity contribution in [3.05, 3.63) is 21.9 Å². The minimum absolute atomic E-state index is 0.172. The molecule has 2 rings (SSSR count). The molecule has 0 fully saturated rings. The summed E-state index contributed by atoms with van der Waals surface area (Å²) < 4.78 is 4.97. The molecule has 15 heavy (non-hydrogen) atoms. The van der Waals surface area contributed by atoms with Crippen molar-refractivity contribution in [1.82, 2.24) is 15.1 Å². The van der Waals surface area contributed by atoms with Gasteiger partial charge in [-0.3, -0.25) is 4.79 Å². The maximum absolute atomic E-state index is 11.7. The fourth-order valence-corrected chi connectivity index (χ4v) is 1.52. The first-order chi connectivity index (χ1) is 7.08. The molecular formula is C10H13N3O2. The Morgan fingerprint density at radius 3 is 2.87 bits per heavy atom. The van der Waals surface area contributed by atoms with Crippen LogP contribution in [0.25, 0.3) is 11.1 Å². The average molecular weight is 207 g/mol. The fraction of sp³-hybridized carbons (Fsp3) is 0.500. The van der Waals surface area contributed by atoms with Gasteiger partial charge in [-0.05, 0) is 12.8 Å². The molecule has 0 bridgehead atoms. The Bertz CT molecular complexity index is 539. The maximum Gasteiger partial charge on any atom is 0.265 e. The zero-order chi connectivity index (χ0) is 11.0. The molecule has 2 aromatic rings. The molecule has 0 aromatic carbocycles. The number of H-pyrrole nitrogens is 1. The van der Waals surface area contributed by atoms with Gasteiger partial charge in [-0.25, -0.2) is 0 Å². The van der Waals surface area contributed by atoms with E-state index in [0.29, 0.717) is 28.5 Å². The van der Waals surface area contributed by atoms with E-state index in [1.54, 1.807) is 6.92 Å². The molecule has 0 aliphatic carbocycles. The van der Waals surface area contributed by atoms with Crippen molar-refractivity contribution in [3.8, 4) is 0 Å². The zero-order valence-electron chi connectivity index (χ0n) is 9.00. The highest BCUT2D eigenvalue weighted by Gasteiger charge is 2.12. The maximum atomic E-state index is 11.7. The molecule has 2 aromatic heterocycles. The summed E-state index contributed by atoms with van der Waals surface area (Å²) in [7, 11) is 0. The molecule has 0 radical (unpaired) electrons. The monoisotopic (exact) mass is 207 g/mol. The first-order valence-corrected chi connectivity index (χ1v) is 4.93. The van der Waals surface area contributed by atoms with E-state index < -0.39 is 0 Å². The molecular weight excluding hydrogens is 194 g/mol. The molecule has 0 saturated carbocycles. The summed E-state index contributed by atoms with van der Waals surface area (Å²) >= 11 is 0. The Labute approximate surface area is 86.5 Å². The molecule has 0 amide bonds. The number of aryl methyl sites for hydroxylation is 1. The summed E-state index contributed by atoms with van der Waals surface area (Å²) in [6, 6.07) is 0. The van der Waals surface area contributed by atoms with E-state index in [2.05, 4.69) is 29.0 Å². The summed E-state index contributed by atoms with van der Waals surface area (Å²) in [5.41, 5.74) is 0.733. The standard InChI is InChI=1S/C10H13N3O2/c1-5(2)4-7-11-9(14)8-6(3)13-15-10(8)12-7/h5H,4H2,1-3H3,(H,11,12,14). The molecule has 0 unspecified atom stereocenters. The Balaban J connectivity index is 2.59. The van der Waals surface area contributed by atoms with Gasteiger partial charge in [0.05, 0.1) is 5.69 Å². The topological polar surface area (TPSA) is 71.8 Å². The highest BCUT2D eigenvalue weighted by atomic mass is 16.5. The SMILES string of the molecule is Cc1noc2nc(CC(C)C)[nH]c(=O)c12. The van der Waals surface area contributed by atoms with Crippen LogP contribution in [0, 0.1) is 12.8 Å². The van der Waals surface area contributed by atoms with Gasteiger partial charge in [-0.1, -0.05) is 19.0 Å². The predicted octanol–water partition coefficient (Wildman–Crippen LogP) is 1.42. The molecule has 0 aliphatic heterocycles. The fourth-order valence-electron chi connectivity index (χ4n) is 1.52. The Hall–Kier alpha value is -1.65. The van der Waals surface area contributed by atoms with E-state index in [9.17, 15) is 4.79 Å². The van der Waals surface area contributed by atoms with E-state index in [0.717, 1.165) is 6.42 Å². The largest absolute Gasteiger partial charge is 0.335 e. The van der Waals surface area contributed by atoms with Crippen molar-refractivity contribution in [2.45, 2.75) is 27.2 Å². The Morgan fingerprint density at radius 2 is 2.20 bits per heavy atom. The molecule has 0 aliphatic rings. The van der Waals surface area contributed by atoms with Gasteiger partial charge in [-0.2, -0.15) is 4.98 Å². The van der Waals surface area contributed by atoms with Crippen molar-refractivity contribution in [2.24, 2.45) is 5.92 Å². The van der Waals surface area contributed by atoms with Crippen LogP contribution < -0.4 is 5.56 Å². The zero-order valence-corrected chi connectivity index (χ0v) is 9.00. The van der Waals surface area contributed by atoms with Crippen molar-refractivity contribution < 1.29 is 4.52 Å². The summed E-state index contributed by atoms with van der Waals surface area (Å²) in [4.78, 5) is 18.6. The third-order valence-electron chi connectivity index (χ3n) is 2.17. The lowest BCUT2D eigenvalue weighted by molar-refractivity contribution is 0.441. The van der Waals surface area contributed by atoms with Crippen LogP contribution in [0.2, 0.25) is 0 Å². The second-order valence-corrected chi connectivity index (χ2v) is 4.06. The van der Waals surface area contributed by atoms with Crippen LogP contribution in [-0.4, -0.2) is 15.1 Å². The van der Waals surface area contributed by atoms with E-state index in [4.69, 9.17) is 4.52 Å². The number of fused-ring (bicyclic) bond motifs is 1. The minimum atomic E-state index is -0.172. The van der Waals surface area contributed by atoms with Gasteiger partial charge >= 0.3 is 0 Å². The smallest absolute Gasteiger partial charge is 0.265 e. The second kappa shape index (κ2) is 3.49. The molecule has 0 spiro atoms. The second-order valence-electron chi connectivity index (χ2n) is 4.06.